The highest BCUT2D eigenvalue weighted by Gasteiger charge is 2.33. The Morgan fingerprint density at radius 3 is 2.69 bits per heavy atom. The maximum absolute atomic E-state index is 12.8. The fourth-order valence-electron chi connectivity index (χ4n) is 5.12. The summed E-state index contributed by atoms with van der Waals surface area (Å²) in [6.07, 6.45) is 6.20. The Balaban J connectivity index is 1.20. The van der Waals surface area contributed by atoms with Gasteiger partial charge in [0.1, 0.15) is 0 Å². The Morgan fingerprint density at radius 2 is 1.75 bits per heavy atom. The van der Waals surface area contributed by atoms with Crippen molar-refractivity contribution >= 4 is 17.5 Å². The lowest BCUT2D eigenvalue weighted by Crippen LogP contribution is -2.51. The van der Waals surface area contributed by atoms with Crippen LogP contribution in [0.2, 0.25) is 0 Å². The van der Waals surface area contributed by atoms with Crippen LogP contribution in [-0.2, 0) is 0 Å². The number of hydrogen-bond acceptors (Lipinski definition) is 5. The smallest absolute Gasteiger partial charge is 0.255 e. The number of hydrogen-bond donors (Lipinski definition) is 2. The predicted octanol–water partition coefficient (Wildman–Crippen LogP) is 3.66. The molecule has 7 heteroatoms. The number of nitrogens with zero attached hydrogens (tertiary/aromatic N) is 1. The third-order valence-electron chi connectivity index (χ3n) is 6.77. The molecule has 3 aliphatic heterocycles. The van der Waals surface area contributed by atoms with Gasteiger partial charge in [-0.3, -0.25) is 9.59 Å². The molecular formula is C25H29N3O4. The lowest BCUT2D eigenvalue weighted by Gasteiger charge is -2.44. The first kappa shape index (κ1) is 20.8. The van der Waals surface area contributed by atoms with Crippen molar-refractivity contribution in [3.8, 4) is 11.5 Å². The van der Waals surface area contributed by atoms with Gasteiger partial charge in [0.25, 0.3) is 11.8 Å². The first-order valence-electron chi connectivity index (χ1n) is 11.5. The molecule has 0 saturated carbocycles. The maximum Gasteiger partial charge on any atom is 0.255 e. The molecule has 2 amide bonds. The molecule has 168 valence electrons. The minimum atomic E-state index is -0.263. The molecule has 3 heterocycles. The molecule has 2 fully saturated rings. The lowest BCUT2D eigenvalue weighted by molar-refractivity contribution is 0.0575. The number of piperidine rings is 2. The van der Waals surface area contributed by atoms with Crippen LogP contribution >= 0.6 is 0 Å². The SMILES string of the molecule is O=C(NCC1CCCN2CCCCC12)c1cccc(NC(=O)c2ccc3c(c2)OCO3)c1. The Morgan fingerprint density at radius 1 is 0.906 bits per heavy atom. The second-order valence-electron chi connectivity index (χ2n) is 8.81. The topological polar surface area (TPSA) is 79.9 Å². The summed E-state index contributed by atoms with van der Waals surface area (Å²) in [5.74, 6) is 1.35. The molecule has 7 nitrogen and oxygen atoms in total. The zero-order valence-corrected chi connectivity index (χ0v) is 18.1. The van der Waals surface area contributed by atoms with Gasteiger partial charge in [0.15, 0.2) is 11.5 Å². The van der Waals surface area contributed by atoms with Crippen molar-refractivity contribution < 1.29 is 19.1 Å². The quantitative estimate of drug-likeness (QED) is 0.749. The van der Waals surface area contributed by atoms with Crippen LogP contribution in [0.3, 0.4) is 0 Å². The van der Waals surface area contributed by atoms with Crippen molar-refractivity contribution in [2.75, 3.05) is 31.7 Å². The van der Waals surface area contributed by atoms with Gasteiger partial charge in [-0.25, -0.2) is 0 Å². The number of carbonyl (C=O) groups excluding carboxylic acids is 2. The van der Waals surface area contributed by atoms with E-state index in [0.29, 0.717) is 46.8 Å². The predicted molar refractivity (Wildman–Crippen MR) is 121 cm³/mol. The van der Waals surface area contributed by atoms with E-state index in [9.17, 15) is 9.59 Å². The Labute approximate surface area is 188 Å². The number of benzene rings is 2. The minimum Gasteiger partial charge on any atom is -0.454 e. The van der Waals surface area contributed by atoms with Crippen LogP contribution in [-0.4, -0.2) is 49.2 Å². The van der Waals surface area contributed by atoms with E-state index in [4.69, 9.17) is 9.47 Å². The zero-order chi connectivity index (χ0) is 21.9. The summed E-state index contributed by atoms with van der Waals surface area (Å²) >= 11 is 0. The Hall–Kier alpha value is -3.06. The molecule has 0 aliphatic carbocycles. The van der Waals surface area contributed by atoms with Gasteiger partial charge in [0.2, 0.25) is 6.79 Å². The van der Waals surface area contributed by atoms with Gasteiger partial charge in [-0.15, -0.1) is 0 Å². The molecule has 0 bridgehead atoms. The summed E-state index contributed by atoms with van der Waals surface area (Å²) in [7, 11) is 0. The standard InChI is InChI=1S/C25H29N3O4/c29-24(26-15-19-6-4-12-28-11-2-1-8-21(19)28)17-5-3-7-20(13-17)27-25(30)18-9-10-22-23(14-18)32-16-31-22/h3,5,7,9-10,13-14,19,21H,1-2,4,6,8,11-12,15-16H2,(H,26,29)(H,27,30). The number of anilines is 1. The summed E-state index contributed by atoms with van der Waals surface area (Å²) in [6.45, 7) is 3.26. The van der Waals surface area contributed by atoms with Crippen LogP contribution in [0.4, 0.5) is 5.69 Å². The molecule has 5 rings (SSSR count). The molecule has 2 N–H and O–H groups in total. The highest BCUT2D eigenvalue weighted by Crippen LogP contribution is 2.33. The van der Waals surface area contributed by atoms with Gasteiger partial charge in [-0.1, -0.05) is 12.5 Å². The first-order valence-corrected chi connectivity index (χ1v) is 11.5. The molecule has 2 aromatic carbocycles. The van der Waals surface area contributed by atoms with Crippen molar-refractivity contribution in [2.24, 2.45) is 5.92 Å². The second kappa shape index (κ2) is 9.20. The van der Waals surface area contributed by atoms with Crippen molar-refractivity contribution in [2.45, 2.75) is 38.1 Å². The number of carbonyl (C=O) groups is 2. The average molecular weight is 436 g/mol. The summed E-state index contributed by atoms with van der Waals surface area (Å²) in [5.41, 5.74) is 1.60. The number of ether oxygens (including phenoxy) is 2. The summed E-state index contributed by atoms with van der Waals surface area (Å²) in [4.78, 5) is 28.1. The van der Waals surface area contributed by atoms with Crippen molar-refractivity contribution in [3.63, 3.8) is 0 Å². The monoisotopic (exact) mass is 435 g/mol. The van der Waals surface area contributed by atoms with Gasteiger partial charge in [0, 0.05) is 29.4 Å². The second-order valence-corrected chi connectivity index (χ2v) is 8.81. The molecule has 32 heavy (non-hydrogen) atoms. The van der Waals surface area contributed by atoms with Crippen LogP contribution < -0.4 is 20.1 Å². The van der Waals surface area contributed by atoms with Crippen molar-refractivity contribution in [1.29, 1.82) is 0 Å². The summed E-state index contributed by atoms with van der Waals surface area (Å²) < 4.78 is 10.6. The van der Waals surface area contributed by atoms with Gasteiger partial charge in [-0.2, -0.15) is 0 Å². The minimum absolute atomic E-state index is 0.0999. The molecule has 0 spiro atoms. The number of fused-ring (bicyclic) bond motifs is 2. The highest BCUT2D eigenvalue weighted by molar-refractivity contribution is 6.05. The van der Waals surface area contributed by atoms with Gasteiger partial charge >= 0.3 is 0 Å². The van der Waals surface area contributed by atoms with E-state index in [1.165, 1.54) is 45.2 Å². The van der Waals surface area contributed by atoms with E-state index in [2.05, 4.69) is 15.5 Å². The molecule has 0 aromatic heterocycles. The third-order valence-corrected chi connectivity index (χ3v) is 6.77. The van der Waals surface area contributed by atoms with E-state index in [0.717, 1.165) is 0 Å². The normalized spacial score (nSPS) is 22.1. The molecular weight excluding hydrogens is 406 g/mol. The molecule has 2 aromatic rings. The zero-order valence-electron chi connectivity index (χ0n) is 18.1. The van der Waals surface area contributed by atoms with Crippen LogP contribution in [0, 0.1) is 5.92 Å². The van der Waals surface area contributed by atoms with Gasteiger partial charge in [-0.05, 0) is 81.1 Å². The molecule has 2 atom stereocenters. The highest BCUT2D eigenvalue weighted by atomic mass is 16.7. The van der Waals surface area contributed by atoms with Crippen molar-refractivity contribution in [1.82, 2.24) is 10.2 Å². The van der Waals surface area contributed by atoms with Crippen LogP contribution in [0.15, 0.2) is 42.5 Å². The fourth-order valence-corrected chi connectivity index (χ4v) is 5.12. The summed E-state index contributed by atoms with van der Waals surface area (Å²) in [6, 6.07) is 12.7. The molecule has 0 radical (unpaired) electrons. The average Bonchev–Trinajstić information content (AvgIpc) is 3.30. The van der Waals surface area contributed by atoms with E-state index < -0.39 is 0 Å². The first-order chi connectivity index (χ1) is 15.7. The number of amides is 2. The van der Waals surface area contributed by atoms with Gasteiger partial charge in [0.05, 0.1) is 0 Å². The van der Waals surface area contributed by atoms with E-state index in [1.807, 2.05) is 0 Å². The van der Waals surface area contributed by atoms with Crippen LogP contribution in [0.5, 0.6) is 11.5 Å². The van der Waals surface area contributed by atoms with Crippen LogP contribution in [0.25, 0.3) is 0 Å². The van der Waals surface area contributed by atoms with Gasteiger partial charge < -0.3 is 25.0 Å². The van der Waals surface area contributed by atoms with Crippen LogP contribution in [0.1, 0.15) is 52.8 Å². The molecule has 2 saturated heterocycles. The molecule has 3 aliphatic rings. The number of rotatable bonds is 5. The molecule has 2 unspecified atom stereocenters. The van der Waals surface area contributed by atoms with E-state index >= 15 is 0 Å². The van der Waals surface area contributed by atoms with Crippen molar-refractivity contribution in [3.05, 3.63) is 53.6 Å². The van der Waals surface area contributed by atoms with E-state index in [-0.39, 0.29) is 18.6 Å². The fraction of sp³-hybridized carbons (Fsp3) is 0.440. The lowest BCUT2D eigenvalue weighted by atomic mass is 9.83. The third kappa shape index (κ3) is 4.43. The Kier molecular flexibility index (Phi) is 5.99. The maximum atomic E-state index is 12.8. The number of nitrogens with one attached hydrogen (secondary N) is 2. The van der Waals surface area contributed by atoms with E-state index in [1.54, 1.807) is 42.5 Å². The Bertz CT molecular complexity index is 1010. The largest absolute Gasteiger partial charge is 0.454 e. The summed E-state index contributed by atoms with van der Waals surface area (Å²) in [5, 5.41) is 6.00.